The summed E-state index contributed by atoms with van der Waals surface area (Å²) < 4.78 is 5.24. The molecule has 0 spiro atoms. The zero-order valence-electron chi connectivity index (χ0n) is 10.2. The van der Waals surface area contributed by atoms with Crippen LogP contribution in [0, 0.1) is 0 Å². The molecule has 4 nitrogen and oxygen atoms in total. The number of benzene rings is 2. The van der Waals surface area contributed by atoms with Crippen molar-refractivity contribution in [3.63, 3.8) is 0 Å². The number of halogens is 2. The second-order valence-corrected chi connectivity index (χ2v) is 5.01. The van der Waals surface area contributed by atoms with Crippen LogP contribution in [0.5, 0.6) is 0 Å². The van der Waals surface area contributed by atoms with E-state index in [9.17, 15) is 0 Å². The fourth-order valence-electron chi connectivity index (χ4n) is 1.75. The lowest BCUT2D eigenvalue weighted by Gasteiger charge is -1.98. The van der Waals surface area contributed by atoms with Crippen LogP contribution in [-0.4, -0.2) is 10.1 Å². The average Bonchev–Trinajstić information content (AvgIpc) is 2.89. The zero-order valence-corrected chi connectivity index (χ0v) is 11.7. The smallest absolute Gasteiger partial charge is 0.259 e. The third-order valence-electron chi connectivity index (χ3n) is 2.76. The van der Waals surface area contributed by atoms with E-state index in [4.69, 9.17) is 33.5 Å². The third kappa shape index (κ3) is 2.48. The van der Waals surface area contributed by atoms with Crippen LogP contribution >= 0.6 is 23.2 Å². The highest BCUT2D eigenvalue weighted by Crippen LogP contribution is 2.30. The van der Waals surface area contributed by atoms with E-state index in [1.54, 1.807) is 30.3 Å². The van der Waals surface area contributed by atoms with E-state index >= 15 is 0 Å². The molecule has 0 aliphatic heterocycles. The van der Waals surface area contributed by atoms with Gasteiger partial charge in [0.15, 0.2) is 0 Å². The fraction of sp³-hybridized carbons (Fsp3) is 0. The molecule has 0 saturated carbocycles. The van der Waals surface area contributed by atoms with Gasteiger partial charge in [0.05, 0.1) is 10.6 Å². The predicted octanol–water partition coefficient (Wildman–Crippen LogP) is 4.29. The van der Waals surface area contributed by atoms with Crippen molar-refractivity contribution in [3.05, 3.63) is 52.5 Å². The predicted molar refractivity (Wildman–Crippen MR) is 79.6 cm³/mol. The average molecular weight is 306 g/mol. The summed E-state index contributed by atoms with van der Waals surface area (Å²) in [5.41, 5.74) is 7.78. The number of anilines is 1. The Labute approximate surface area is 125 Å². The molecule has 0 atom stereocenters. The van der Waals surface area contributed by atoms with Crippen LogP contribution in [0.15, 0.2) is 47.0 Å². The van der Waals surface area contributed by atoms with Crippen molar-refractivity contribution in [3.8, 4) is 22.8 Å². The maximum atomic E-state index is 6.11. The maximum Gasteiger partial charge on any atom is 0.259 e. The Morgan fingerprint density at radius 3 is 2.45 bits per heavy atom. The summed E-state index contributed by atoms with van der Waals surface area (Å²) in [4.78, 5) is 4.32. The number of aromatic nitrogens is 2. The molecule has 0 aliphatic rings. The Morgan fingerprint density at radius 2 is 1.75 bits per heavy atom. The van der Waals surface area contributed by atoms with Gasteiger partial charge in [0.25, 0.3) is 5.89 Å². The van der Waals surface area contributed by atoms with Gasteiger partial charge in [-0.1, -0.05) is 28.4 Å². The van der Waals surface area contributed by atoms with Crippen LogP contribution in [-0.2, 0) is 0 Å². The van der Waals surface area contributed by atoms with E-state index in [2.05, 4.69) is 10.1 Å². The van der Waals surface area contributed by atoms with Crippen molar-refractivity contribution in [2.75, 3.05) is 5.73 Å². The standard InChI is InChI=1S/C14H9Cl2N3O/c15-9-3-6-11(12(16)7-9)14-18-13(19-20-14)8-1-4-10(17)5-2-8/h1-7H,17H2. The molecule has 100 valence electrons. The Bertz CT molecular complexity index is 753. The number of hydrogen-bond donors (Lipinski definition) is 1. The number of rotatable bonds is 2. The van der Waals surface area contributed by atoms with Gasteiger partial charge < -0.3 is 10.3 Å². The normalized spacial score (nSPS) is 10.7. The topological polar surface area (TPSA) is 64.9 Å². The molecule has 0 bridgehead atoms. The summed E-state index contributed by atoms with van der Waals surface area (Å²) in [6, 6.07) is 12.3. The molecular weight excluding hydrogens is 297 g/mol. The molecule has 0 aliphatic carbocycles. The molecule has 1 heterocycles. The molecule has 3 rings (SSSR count). The summed E-state index contributed by atoms with van der Waals surface area (Å²) in [6.45, 7) is 0. The lowest BCUT2D eigenvalue weighted by atomic mass is 10.2. The van der Waals surface area contributed by atoms with Crippen LogP contribution in [0.25, 0.3) is 22.8 Å². The first-order valence-corrected chi connectivity index (χ1v) is 6.54. The van der Waals surface area contributed by atoms with Crippen molar-refractivity contribution in [2.24, 2.45) is 0 Å². The van der Waals surface area contributed by atoms with E-state index in [-0.39, 0.29) is 0 Å². The third-order valence-corrected chi connectivity index (χ3v) is 3.30. The zero-order chi connectivity index (χ0) is 14.1. The highest BCUT2D eigenvalue weighted by molar-refractivity contribution is 6.36. The Kier molecular flexibility index (Phi) is 3.34. The van der Waals surface area contributed by atoms with Crippen LogP contribution in [0.1, 0.15) is 0 Å². The number of nitrogen functional groups attached to an aromatic ring is 1. The lowest BCUT2D eigenvalue weighted by Crippen LogP contribution is -1.85. The molecule has 20 heavy (non-hydrogen) atoms. The Hall–Kier alpha value is -2.04. The minimum Gasteiger partial charge on any atom is -0.399 e. The molecule has 2 aromatic carbocycles. The molecule has 1 aromatic heterocycles. The number of nitrogens with zero attached hydrogens (tertiary/aromatic N) is 2. The van der Waals surface area contributed by atoms with Gasteiger partial charge in [0.1, 0.15) is 0 Å². The van der Waals surface area contributed by atoms with Crippen molar-refractivity contribution in [2.45, 2.75) is 0 Å². The van der Waals surface area contributed by atoms with Gasteiger partial charge in [-0.2, -0.15) is 4.98 Å². The fourth-order valence-corrected chi connectivity index (χ4v) is 2.23. The molecular formula is C14H9Cl2N3O. The monoisotopic (exact) mass is 305 g/mol. The maximum absolute atomic E-state index is 6.11. The van der Waals surface area contributed by atoms with E-state index < -0.39 is 0 Å². The minimum absolute atomic E-state index is 0.346. The van der Waals surface area contributed by atoms with Gasteiger partial charge in [-0.25, -0.2) is 0 Å². The summed E-state index contributed by atoms with van der Waals surface area (Å²) >= 11 is 12.0. The number of hydrogen-bond acceptors (Lipinski definition) is 4. The molecule has 0 unspecified atom stereocenters. The highest BCUT2D eigenvalue weighted by Gasteiger charge is 2.13. The van der Waals surface area contributed by atoms with E-state index in [0.29, 0.717) is 33.0 Å². The summed E-state index contributed by atoms with van der Waals surface area (Å²) in [6.07, 6.45) is 0. The second-order valence-electron chi connectivity index (χ2n) is 4.17. The molecule has 0 radical (unpaired) electrons. The van der Waals surface area contributed by atoms with Crippen LogP contribution in [0.2, 0.25) is 10.0 Å². The van der Waals surface area contributed by atoms with Crippen LogP contribution in [0.3, 0.4) is 0 Å². The largest absolute Gasteiger partial charge is 0.399 e. The molecule has 2 N–H and O–H groups in total. The molecule has 0 saturated heterocycles. The minimum atomic E-state index is 0.346. The highest BCUT2D eigenvalue weighted by atomic mass is 35.5. The van der Waals surface area contributed by atoms with Crippen LogP contribution < -0.4 is 5.73 Å². The first-order chi connectivity index (χ1) is 9.63. The molecule has 6 heteroatoms. The summed E-state index contributed by atoms with van der Waals surface area (Å²) in [5, 5.41) is 4.95. The van der Waals surface area contributed by atoms with Gasteiger partial charge in [-0.05, 0) is 42.5 Å². The molecule has 0 amide bonds. The van der Waals surface area contributed by atoms with Crippen molar-refractivity contribution in [1.29, 1.82) is 0 Å². The van der Waals surface area contributed by atoms with E-state index in [0.717, 1.165) is 5.56 Å². The second kappa shape index (κ2) is 5.15. The number of nitrogens with two attached hydrogens (primary N) is 1. The van der Waals surface area contributed by atoms with Crippen molar-refractivity contribution >= 4 is 28.9 Å². The first kappa shape index (κ1) is 13.0. The van der Waals surface area contributed by atoms with E-state index in [1.807, 2.05) is 12.1 Å². The summed E-state index contributed by atoms with van der Waals surface area (Å²) in [5.74, 6) is 0.824. The van der Waals surface area contributed by atoms with Gasteiger partial charge in [0.2, 0.25) is 5.82 Å². The van der Waals surface area contributed by atoms with Crippen LogP contribution in [0.4, 0.5) is 5.69 Å². The molecule has 0 fully saturated rings. The quantitative estimate of drug-likeness (QED) is 0.717. The van der Waals surface area contributed by atoms with Crippen molar-refractivity contribution < 1.29 is 4.52 Å². The lowest BCUT2D eigenvalue weighted by molar-refractivity contribution is 0.432. The SMILES string of the molecule is Nc1ccc(-c2noc(-c3ccc(Cl)cc3Cl)n2)cc1. The van der Waals surface area contributed by atoms with Gasteiger partial charge in [-0.15, -0.1) is 0 Å². The Morgan fingerprint density at radius 1 is 1.00 bits per heavy atom. The first-order valence-electron chi connectivity index (χ1n) is 5.78. The van der Waals surface area contributed by atoms with Crippen molar-refractivity contribution in [1.82, 2.24) is 10.1 Å². The summed E-state index contributed by atoms with van der Waals surface area (Å²) in [7, 11) is 0. The van der Waals surface area contributed by atoms with Gasteiger partial charge >= 0.3 is 0 Å². The molecule has 3 aromatic rings. The van der Waals surface area contributed by atoms with Gasteiger partial charge in [0, 0.05) is 16.3 Å². The van der Waals surface area contributed by atoms with Gasteiger partial charge in [-0.3, -0.25) is 0 Å². The Balaban J connectivity index is 1.99. The van der Waals surface area contributed by atoms with E-state index in [1.165, 1.54) is 0 Å².